The Kier molecular flexibility index (Phi) is 6.27. The standard InChI is InChI=1S/C24H28N2O3/c1-27-23-11-10-18(14-24(23)28-2)15-26(17-20-7-5-13-29-20)16-19-6-3-9-22-21(19)8-4-12-25-22/h3-4,6,8-12,14,20H,5,7,13,15-17H2,1-2H3. The maximum atomic E-state index is 5.93. The number of aromatic nitrogens is 1. The third kappa shape index (κ3) is 4.69. The highest BCUT2D eigenvalue weighted by Crippen LogP contribution is 2.29. The minimum Gasteiger partial charge on any atom is -0.493 e. The molecule has 0 bridgehead atoms. The van der Waals surface area contributed by atoms with Gasteiger partial charge in [-0.15, -0.1) is 0 Å². The van der Waals surface area contributed by atoms with Gasteiger partial charge >= 0.3 is 0 Å². The van der Waals surface area contributed by atoms with Crippen LogP contribution in [0.4, 0.5) is 0 Å². The summed E-state index contributed by atoms with van der Waals surface area (Å²) < 4.78 is 16.8. The summed E-state index contributed by atoms with van der Waals surface area (Å²) in [5, 5.41) is 1.21. The van der Waals surface area contributed by atoms with E-state index in [0.29, 0.717) is 6.10 Å². The number of pyridine rings is 1. The van der Waals surface area contributed by atoms with E-state index in [1.807, 2.05) is 18.3 Å². The molecule has 152 valence electrons. The van der Waals surface area contributed by atoms with Gasteiger partial charge in [-0.3, -0.25) is 9.88 Å². The van der Waals surface area contributed by atoms with E-state index in [-0.39, 0.29) is 0 Å². The zero-order valence-electron chi connectivity index (χ0n) is 17.1. The predicted molar refractivity (Wildman–Crippen MR) is 114 cm³/mol. The number of hydrogen-bond donors (Lipinski definition) is 0. The fourth-order valence-electron chi connectivity index (χ4n) is 4.04. The molecule has 0 spiro atoms. The molecule has 29 heavy (non-hydrogen) atoms. The molecule has 1 unspecified atom stereocenters. The smallest absolute Gasteiger partial charge is 0.161 e. The molecule has 4 rings (SSSR count). The van der Waals surface area contributed by atoms with E-state index in [2.05, 4.69) is 46.3 Å². The van der Waals surface area contributed by atoms with Gasteiger partial charge in [-0.25, -0.2) is 0 Å². The zero-order chi connectivity index (χ0) is 20.1. The Bertz CT molecular complexity index is 949. The lowest BCUT2D eigenvalue weighted by Gasteiger charge is -2.26. The molecule has 0 saturated carbocycles. The topological polar surface area (TPSA) is 43.8 Å². The van der Waals surface area contributed by atoms with Gasteiger partial charge in [0.2, 0.25) is 0 Å². The van der Waals surface area contributed by atoms with Crippen molar-refractivity contribution in [2.24, 2.45) is 0 Å². The van der Waals surface area contributed by atoms with Crippen LogP contribution in [-0.2, 0) is 17.8 Å². The van der Waals surface area contributed by atoms with Gasteiger partial charge in [0.15, 0.2) is 11.5 Å². The molecule has 0 radical (unpaired) electrons. The van der Waals surface area contributed by atoms with Gasteiger partial charge in [-0.1, -0.05) is 24.3 Å². The van der Waals surface area contributed by atoms with Crippen molar-refractivity contribution in [3.05, 3.63) is 65.9 Å². The maximum absolute atomic E-state index is 5.93. The number of hydrogen-bond acceptors (Lipinski definition) is 5. The Morgan fingerprint density at radius 1 is 1.03 bits per heavy atom. The average Bonchev–Trinajstić information content (AvgIpc) is 3.27. The predicted octanol–water partition coefficient (Wildman–Crippen LogP) is 4.43. The molecule has 5 nitrogen and oxygen atoms in total. The number of ether oxygens (including phenoxy) is 3. The molecular formula is C24H28N2O3. The minimum atomic E-state index is 0.295. The van der Waals surface area contributed by atoms with Crippen LogP contribution in [0.3, 0.4) is 0 Å². The lowest BCUT2D eigenvalue weighted by Crippen LogP contribution is -2.31. The van der Waals surface area contributed by atoms with Crippen LogP contribution in [0, 0.1) is 0 Å². The quantitative estimate of drug-likeness (QED) is 0.567. The molecule has 1 aliphatic rings. The van der Waals surface area contributed by atoms with Gasteiger partial charge in [-0.2, -0.15) is 0 Å². The number of rotatable bonds is 8. The summed E-state index contributed by atoms with van der Waals surface area (Å²) in [5.41, 5.74) is 3.52. The van der Waals surface area contributed by atoms with Gasteiger partial charge in [-0.05, 0) is 48.2 Å². The van der Waals surface area contributed by atoms with Crippen molar-refractivity contribution in [1.29, 1.82) is 0 Å². The van der Waals surface area contributed by atoms with E-state index in [4.69, 9.17) is 14.2 Å². The second-order valence-corrected chi connectivity index (χ2v) is 7.48. The number of benzene rings is 2. The molecule has 1 aliphatic heterocycles. The lowest BCUT2D eigenvalue weighted by atomic mass is 10.1. The Hall–Kier alpha value is -2.63. The zero-order valence-corrected chi connectivity index (χ0v) is 17.1. The number of nitrogens with zero attached hydrogens (tertiary/aromatic N) is 2. The summed E-state index contributed by atoms with van der Waals surface area (Å²) in [4.78, 5) is 6.96. The first-order valence-corrected chi connectivity index (χ1v) is 10.1. The van der Waals surface area contributed by atoms with E-state index < -0.39 is 0 Å². The minimum absolute atomic E-state index is 0.295. The molecule has 2 heterocycles. The lowest BCUT2D eigenvalue weighted by molar-refractivity contribution is 0.0680. The second-order valence-electron chi connectivity index (χ2n) is 7.48. The van der Waals surface area contributed by atoms with E-state index in [1.54, 1.807) is 14.2 Å². The van der Waals surface area contributed by atoms with Crippen LogP contribution in [0.25, 0.3) is 10.9 Å². The van der Waals surface area contributed by atoms with Crippen LogP contribution in [-0.4, -0.2) is 43.4 Å². The average molecular weight is 392 g/mol. The highest BCUT2D eigenvalue weighted by molar-refractivity contribution is 5.81. The van der Waals surface area contributed by atoms with E-state index >= 15 is 0 Å². The largest absolute Gasteiger partial charge is 0.493 e. The number of fused-ring (bicyclic) bond motifs is 1. The molecule has 2 aromatic carbocycles. The fourth-order valence-corrected chi connectivity index (χ4v) is 4.04. The van der Waals surface area contributed by atoms with Crippen LogP contribution in [0.15, 0.2) is 54.7 Å². The molecule has 0 amide bonds. The molecule has 5 heteroatoms. The molecule has 1 saturated heterocycles. The first kappa shape index (κ1) is 19.7. The summed E-state index contributed by atoms with van der Waals surface area (Å²) in [5.74, 6) is 1.51. The normalized spacial score (nSPS) is 16.4. The molecule has 3 aromatic rings. The van der Waals surface area contributed by atoms with Gasteiger partial charge in [0.1, 0.15) is 0 Å². The molecule has 1 aromatic heterocycles. The number of methoxy groups -OCH3 is 2. The summed E-state index contributed by atoms with van der Waals surface area (Å²) in [7, 11) is 3.34. The Balaban J connectivity index is 1.59. The molecule has 1 fully saturated rings. The van der Waals surface area contributed by atoms with Gasteiger partial charge in [0, 0.05) is 37.8 Å². The van der Waals surface area contributed by atoms with Crippen LogP contribution >= 0.6 is 0 Å². The molecular weight excluding hydrogens is 364 g/mol. The van der Waals surface area contributed by atoms with Gasteiger partial charge in [0.25, 0.3) is 0 Å². The van der Waals surface area contributed by atoms with Crippen molar-refractivity contribution in [3.8, 4) is 11.5 Å². The van der Waals surface area contributed by atoms with E-state index in [0.717, 1.165) is 56.1 Å². The van der Waals surface area contributed by atoms with E-state index in [9.17, 15) is 0 Å². The third-order valence-corrected chi connectivity index (χ3v) is 5.47. The maximum Gasteiger partial charge on any atom is 0.161 e. The van der Waals surface area contributed by atoms with Crippen molar-refractivity contribution < 1.29 is 14.2 Å². The van der Waals surface area contributed by atoms with Crippen LogP contribution in [0.5, 0.6) is 11.5 Å². The Labute approximate surface area is 172 Å². The van der Waals surface area contributed by atoms with Crippen LogP contribution in [0.1, 0.15) is 24.0 Å². The SMILES string of the molecule is COc1ccc(CN(Cc2cccc3ncccc23)CC2CCCO2)cc1OC. The highest BCUT2D eigenvalue weighted by atomic mass is 16.5. The Morgan fingerprint density at radius 2 is 1.93 bits per heavy atom. The summed E-state index contributed by atoms with van der Waals surface area (Å²) >= 11 is 0. The first-order chi connectivity index (χ1) is 14.3. The third-order valence-electron chi connectivity index (χ3n) is 5.47. The summed E-state index contributed by atoms with van der Waals surface area (Å²) in [6, 6.07) is 16.6. The van der Waals surface area contributed by atoms with Crippen LogP contribution in [0.2, 0.25) is 0 Å². The Morgan fingerprint density at radius 3 is 2.72 bits per heavy atom. The molecule has 0 aliphatic carbocycles. The molecule has 1 atom stereocenters. The second kappa shape index (κ2) is 9.25. The van der Waals surface area contributed by atoms with Crippen molar-refractivity contribution in [2.75, 3.05) is 27.4 Å². The highest BCUT2D eigenvalue weighted by Gasteiger charge is 2.20. The van der Waals surface area contributed by atoms with E-state index in [1.165, 1.54) is 16.5 Å². The van der Waals surface area contributed by atoms with Crippen molar-refractivity contribution in [2.45, 2.75) is 32.0 Å². The van der Waals surface area contributed by atoms with Gasteiger partial charge in [0.05, 0.1) is 25.8 Å². The summed E-state index contributed by atoms with van der Waals surface area (Å²) in [6.45, 7) is 3.44. The van der Waals surface area contributed by atoms with Crippen molar-refractivity contribution in [3.63, 3.8) is 0 Å². The van der Waals surface area contributed by atoms with Crippen molar-refractivity contribution >= 4 is 10.9 Å². The summed E-state index contributed by atoms with van der Waals surface area (Å²) in [6.07, 6.45) is 4.41. The van der Waals surface area contributed by atoms with Gasteiger partial charge < -0.3 is 14.2 Å². The first-order valence-electron chi connectivity index (χ1n) is 10.1. The fraction of sp³-hybridized carbons (Fsp3) is 0.375. The van der Waals surface area contributed by atoms with Crippen molar-refractivity contribution in [1.82, 2.24) is 9.88 Å². The molecule has 0 N–H and O–H groups in total. The van der Waals surface area contributed by atoms with Crippen LogP contribution < -0.4 is 9.47 Å². The monoisotopic (exact) mass is 392 g/mol.